The summed E-state index contributed by atoms with van der Waals surface area (Å²) in [5, 5.41) is 16.0. The number of amidine groups is 1. The average molecular weight is 342 g/mol. The largest absolute Gasteiger partial charge is 0.480 e. The van der Waals surface area contributed by atoms with Crippen LogP contribution in [0.1, 0.15) is 12.5 Å². The number of carbonyl (C=O) groups excluding carboxylic acids is 1. The highest BCUT2D eigenvalue weighted by Crippen LogP contribution is 2.28. The number of hydrogen-bond donors (Lipinski definition) is 2. The van der Waals surface area contributed by atoms with Gasteiger partial charge in [0.2, 0.25) is 0 Å². The molecule has 0 aliphatic carbocycles. The topological polar surface area (TPSA) is 96.6 Å². The smallest absolute Gasteiger partial charge is 0.328 e. The molecule has 1 fully saturated rings. The lowest BCUT2D eigenvalue weighted by Gasteiger charge is -2.06. The number of carboxylic acid groups (broad SMARTS) is 1. The summed E-state index contributed by atoms with van der Waals surface area (Å²) < 4.78 is 1.71. The van der Waals surface area contributed by atoms with Gasteiger partial charge in [0, 0.05) is 18.0 Å². The van der Waals surface area contributed by atoms with E-state index in [9.17, 15) is 9.59 Å². The van der Waals surface area contributed by atoms with E-state index >= 15 is 0 Å². The van der Waals surface area contributed by atoms with Crippen LogP contribution in [0.2, 0.25) is 0 Å². The van der Waals surface area contributed by atoms with E-state index in [1.165, 1.54) is 6.92 Å². The molecular weight excluding hydrogens is 328 g/mol. The van der Waals surface area contributed by atoms with Crippen molar-refractivity contribution in [1.29, 1.82) is 0 Å². The Labute approximate surface area is 142 Å². The Bertz CT molecular complexity index is 843. The second-order valence-corrected chi connectivity index (χ2v) is 6.05. The third-order valence-corrected chi connectivity index (χ3v) is 4.22. The van der Waals surface area contributed by atoms with E-state index in [0.29, 0.717) is 4.91 Å². The Kier molecular flexibility index (Phi) is 4.48. The minimum Gasteiger partial charge on any atom is -0.480 e. The van der Waals surface area contributed by atoms with Crippen LogP contribution in [0.3, 0.4) is 0 Å². The third kappa shape index (κ3) is 3.38. The van der Waals surface area contributed by atoms with Gasteiger partial charge in [-0.1, -0.05) is 18.2 Å². The number of rotatable bonds is 4. The van der Waals surface area contributed by atoms with Crippen LogP contribution in [-0.2, 0) is 9.59 Å². The molecule has 122 valence electrons. The number of nitrogens with one attached hydrogen (secondary N) is 1. The standard InChI is InChI=1S/C16H14N4O3S/c1-10(15(22)23)18-16-19-14(21)13(24-16)9-11-5-2-3-6-12(11)20-8-4-7-17-20/h2-10H,1H3,(H,22,23)(H,18,19,21)/b13-9-/t10-/m0/s1. The molecule has 1 aromatic carbocycles. The zero-order valence-electron chi connectivity index (χ0n) is 12.7. The van der Waals surface area contributed by atoms with Crippen LogP contribution in [0, 0.1) is 0 Å². The second-order valence-electron chi connectivity index (χ2n) is 5.02. The summed E-state index contributed by atoms with van der Waals surface area (Å²) in [4.78, 5) is 27.4. The monoisotopic (exact) mass is 342 g/mol. The first-order valence-corrected chi connectivity index (χ1v) is 7.97. The molecule has 2 N–H and O–H groups in total. The van der Waals surface area contributed by atoms with E-state index < -0.39 is 12.0 Å². The van der Waals surface area contributed by atoms with Crippen LogP contribution in [0.15, 0.2) is 52.6 Å². The number of benzene rings is 1. The summed E-state index contributed by atoms with van der Waals surface area (Å²) in [5.74, 6) is -1.34. The molecule has 1 atom stereocenters. The molecule has 2 aromatic rings. The van der Waals surface area contributed by atoms with Gasteiger partial charge in [-0.15, -0.1) is 0 Å². The Morgan fingerprint density at radius 3 is 2.92 bits per heavy atom. The van der Waals surface area contributed by atoms with Gasteiger partial charge in [-0.05, 0) is 36.9 Å². The first kappa shape index (κ1) is 16.0. The lowest BCUT2D eigenvalue weighted by atomic mass is 10.1. The maximum atomic E-state index is 12.1. The lowest BCUT2D eigenvalue weighted by Crippen LogP contribution is -2.23. The Morgan fingerprint density at radius 2 is 2.21 bits per heavy atom. The zero-order chi connectivity index (χ0) is 17.1. The number of para-hydroxylation sites is 1. The number of hydrogen-bond acceptors (Lipinski definition) is 5. The van der Waals surface area contributed by atoms with E-state index in [1.807, 2.05) is 36.5 Å². The predicted molar refractivity (Wildman–Crippen MR) is 91.8 cm³/mol. The van der Waals surface area contributed by atoms with Crippen molar-refractivity contribution >= 4 is 34.9 Å². The Balaban J connectivity index is 1.90. The summed E-state index contributed by atoms with van der Waals surface area (Å²) >= 11 is 1.12. The van der Waals surface area contributed by atoms with Crippen LogP contribution in [-0.4, -0.2) is 38.0 Å². The van der Waals surface area contributed by atoms with E-state index in [1.54, 1.807) is 17.0 Å². The highest BCUT2D eigenvalue weighted by molar-refractivity contribution is 8.18. The number of carboxylic acids is 1. The number of carbonyl (C=O) groups is 2. The summed E-state index contributed by atoms with van der Waals surface area (Å²) in [6.45, 7) is 1.46. The number of aliphatic imine (C=N–C) groups is 1. The van der Waals surface area contributed by atoms with Crippen LogP contribution < -0.4 is 5.32 Å². The Morgan fingerprint density at radius 1 is 1.42 bits per heavy atom. The number of thioether (sulfide) groups is 1. The van der Waals surface area contributed by atoms with E-state index in [2.05, 4.69) is 15.4 Å². The molecule has 7 nitrogen and oxygen atoms in total. The number of amides is 1. The minimum atomic E-state index is -1.04. The van der Waals surface area contributed by atoms with Crippen LogP contribution >= 0.6 is 11.8 Å². The molecule has 0 unspecified atom stereocenters. The second kappa shape index (κ2) is 6.71. The molecular formula is C16H14N4O3S. The molecule has 1 amide bonds. The summed E-state index contributed by atoms with van der Waals surface area (Å²) in [5.41, 5.74) is 1.67. The maximum absolute atomic E-state index is 12.1. The van der Waals surface area contributed by atoms with E-state index in [-0.39, 0.29) is 11.1 Å². The molecule has 1 aliphatic heterocycles. The highest BCUT2D eigenvalue weighted by atomic mass is 32.2. The fourth-order valence-corrected chi connectivity index (χ4v) is 2.98. The van der Waals surface area contributed by atoms with Crippen molar-refractivity contribution in [2.45, 2.75) is 13.0 Å². The van der Waals surface area contributed by atoms with Gasteiger partial charge in [0.05, 0.1) is 10.6 Å². The van der Waals surface area contributed by atoms with E-state index in [0.717, 1.165) is 23.0 Å². The van der Waals surface area contributed by atoms with Crippen molar-refractivity contribution in [3.63, 3.8) is 0 Å². The highest BCUT2D eigenvalue weighted by Gasteiger charge is 2.25. The van der Waals surface area contributed by atoms with Crippen molar-refractivity contribution in [2.24, 2.45) is 4.99 Å². The van der Waals surface area contributed by atoms with Crippen molar-refractivity contribution in [2.75, 3.05) is 0 Å². The maximum Gasteiger partial charge on any atom is 0.328 e. The van der Waals surface area contributed by atoms with Gasteiger partial charge in [0.1, 0.15) is 6.04 Å². The molecule has 0 bridgehead atoms. The number of aromatic nitrogens is 2. The summed E-state index contributed by atoms with van der Waals surface area (Å²) in [7, 11) is 0. The molecule has 1 saturated heterocycles. The lowest BCUT2D eigenvalue weighted by molar-refractivity contribution is -0.138. The van der Waals surface area contributed by atoms with Gasteiger partial charge >= 0.3 is 5.97 Å². The molecule has 8 heteroatoms. The fraction of sp³-hybridized carbons (Fsp3) is 0.125. The van der Waals surface area contributed by atoms with Crippen molar-refractivity contribution in [1.82, 2.24) is 15.1 Å². The van der Waals surface area contributed by atoms with Crippen LogP contribution in [0.25, 0.3) is 11.8 Å². The van der Waals surface area contributed by atoms with Gasteiger partial charge in [0.25, 0.3) is 5.91 Å². The normalized spacial score (nSPS) is 18.8. The molecule has 24 heavy (non-hydrogen) atoms. The summed E-state index contributed by atoms with van der Waals surface area (Å²) in [6.07, 6.45) is 5.24. The van der Waals surface area contributed by atoms with Crippen molar-refractivity contribution < 1.29 is 14.7 Å². The quantitative estimate of drug-likeness (QED) is 0.827. The van der Waals surface area contributed by atoms with Gasteiger partial charge in [-0.25, -0.2) is 14.5 Å². The van der Waals surface area contributed by atoms with Gasteiger partial charge in [0.15, 0.2) is 5.17 Å². The molecule has 2 heterocycles. The van der Waals surface area contributed by atoms with E-state index in [4.69, 9.17) is 5.11 Å². The van der Waals surface area contributed by atoms with Crippen molar-refractivity contribution in [3.8, 4) is 5.69 Å². The predicted octanol–water partition coefficient (Wildman–Crippen LogP) is 1.91. The third-order valence-electron chi connectivity index (χ3n) is 3.29. The number of aliphatic carboxylic acids is 1. The molecule has 1 aliphatic rings. The Hall–Kier alpha value is -2.87. The molecule has 1 aromatic heterocycles. The van der Waals surface area contributed by atoms with Crippen LogP contribution in [0.4, 0.5) is 0 Å². The van der Waals surface area contributed by atoms with Gasteiger partial charge < -0.3 is 10.4 Å². The molecule has 0 saturated carbocycles. The molecule has 0 spiro atoms. The fourth-order valence-electron chi connectivity index (χ4n) is 2.09. The minimum absolute atomic E-state index is 0.290. The zero-order valence-corrected chi connectivity index (χ0v) is 13.5. The van der Waals surface area contributed by atoms with Crippen LogP contribution in [0.5, 0.6) is 0 Å². The first-order chi connectivity index (χ1) is 11.5. The average Bonchev–Trinajstić information content (AvgIpc) is 3.18. The summed E-state index contributed by atoms with van der Waals surface area (Å²) in [6, 6.07) is 8.45. The molecule has 0 radical (unpaired) electrons. The SMILES string of the molecule is C[C@H](N=C1NC(=O)/C(=C/c2ccccc2-n2cccn2)S1)C(=O)O. The first-order valence-electron chi connectivity index (χ1n) is 7.15. The van der Waals surface area contributed by atoms with Gasteiger partial charge in [-0.3, -0.25) is 4.79 Å². The number of nitrogens with zero attached hydrogens (tertiary/aromatic N) is 3. The van der Waals surface area contributed by atoms with Gasteiger partial charge in [-0.2, -0.15) is 5.10 Å². The molecule has 3 rings (SSSR count). The van der Waals surface area contributed by atoms with Crippen molar-refractivity contribution in [3.05, 3.63) is 53.2 Å².